The molecular weight excluding hydrogens is 258 g/mol. The summed E-state index contributed by atoms with van der Waals surface area (Å²) in [7, 11) is 0. The summed E-state index contributed by atoms with van der Waals surface area (Å²) >= 11 is 0. The Morgan fingerprint density at radius 2 is 1.76 bits per heavy atom. The van der Waals surface area contributed by atoms with Crippen molar-refractivity contribution in [2.75, 3.05) is 0 Å². The highest BCUT2D eigenvalue weighted by atomic mass is 14.9. The fourth-order valence-electron chi connectivity index (χ4n) is 3.51. The van der Waals surface area contributed by atoms with Crippen LogP contribution in [0.25, 0.3) is 0 Å². The minimum atomic E-state index is -0.0323. The molecule has 0 saturated heterocycles. The third-order valence-corrected chi connectivity index (χ3v) is 4.58. The van der Waals surface area contributed by atoms with Crippen LogP contribution < -0.4 is 5.73 Å². The van der Waals surface area contributed by atoms with Gasteiger partial charge in [-0.15, -0.1) is 0 Å². The first kappa shape index (κ1) is 14.2. The van der Waals surface area contributed by atoms with Crippen LogP contribution >= 0.6 is 0 Å². The molecule has 0 amide bonds. The Bertz CT molecular complexity index is 601. The molecule has 0 radical (unpaired) electrons. The van der Waals surface area contributed by atoms with Gasteiger partial charge >= 0.3 is 0 Å². The van der Waals surface area contributed by atoms with Crippen molar-refractivity contribution in [3.63, 3.8) is 0 Å². The monoisotopic (exact) mass is 281 g/mol. The summed E-state index contributed by atoms with van der Waals surface area (Å²) in [4.78, 5) is 9.58. The van der Waals surface area contributed by atoms with Crippen LogP contribution in [0, 0.1) is 6.92 Å². The number of hydrogen-bond acceptors (Lipinski definition) is 3. The van der Waals surface area contributed by atoms with Gasteiger partial charge in [-0.2, -0.15) is 0 Å². The lowest BCUT2D eigenvalue weighted by Crippen LogP contribution is -2.33. The smallest absolute Gasteiger partial charge is 0.139 e. The van der Waals surface area contributed by atoms with E-state index < -0.39 is 0 Å². The highest BCUT2D eigenvalue weighted by Gasteiger charge is 2.38. The van der Waals surface area contributed by atoms with E-state index >= 15 is 0 Å². The normalized spacial score (nSPS) is 17.6. The second-order valence-electron chi connectivity index (χ2n) is 6.04. The van der Waals surface area contributed by atoms with E-state index in [-0.39, 0.29) is 5.41 Å². The van der Waals surface area contributed by atoms with Crippen LogP contribution in [-0.2, 0) is 12.0 Å². The molecule has 1 aromatic heterocycles. The van der Waals surface area contributed by atoms with Crippen LogP contribution in [0.1, 0.15) is 54.9 Å². The van der Waals surface area contributed by atoms with Crippen LogP contribution in [0.15, 0.2) is 36.4 Å². The average Bonchev–Trinajstić information content (AvgIpc) is 2.55. The zero-order valence-corrected chi connectivity index (χ0v) is 12.7. The quantitative estimate of drug-likeness (QED) is 0.937. The van der Waals surface area contributed by atoms with Crippen LogP contribution in [0.2, 0.25) is 0 Å². The van der Waals surface area contributed by atoms with Crippen molar-refractivity contribution in [2.45, 2.75) is 51.0 Å². The number of hydrogen-bond donors (Lipinski definition) is 1. The Balaban J connectivity index is 2.14. The van der Waals surface area contributed by atoms with Crippen molar-refractivity contribution in [1.82, 2.24) is 9.97 Å². The Kier molecular flexibility index (Phi) is 4.02. The molecule has 1 heterocycles. The number of aromatic nitrogens is 2. The van der Waals surface area contributed by atoms with E-state index in [0.717, 1.165) is 30.1 Å². The first-order valence-electron chi connectivity index (χ1n) is 7.85. The Labute approximate surface area is 126 Å². The van der Waals surface area contributed by atoms with E-state index in [2.05, 4.69) is 30.3 Å². The third kappa shape index (κ3) is 2.70. The van der Waals surface area contributed by atoms with Gasteiger partial charge in [-0.05, 0) is 31.4 Å². The van der Waals surface area contributed by atoms with Crippen LogP contribution in [0.5, 0.6) is 0 Å². The van der Waals surface area contributed by atoms with E-state index in [1.807, 2.05) is 13.0 Å². The van der Waals surface area contributed by atoms with Gasteiger partial charge in [-0.3, -0.25) is 0 Å². The second kappa shape index (κ2) is 5.94. The van der Waals surface area contributed by atoms with Crippen molar-refractivity contribution in [3.05, 3.63) is 59.2 Å². The van der Waals surface area contributed by atoms with Crippen molar-refractivity contribution >= 4 is 0 Å². The largest absolute Gasteiger partial charge is 0.325 e. The van der Waals surface area contributed by atoms with Crippen LogP contribution in [0.4, 0.5) is 0 Å². The fraction of sp³-hybridized carbons (Fsp3) is 0.444. The molecule has 110 valence electrons. The molecule has 2 aromatic rings. The molecule has 21 heavy (non-hydrogen) atoms. The van der Waals surface area contributed by atoms with Gasteiger partial charge in [0.05, 0.1) is 11.1 Å². The lowest BCUT2D eigenvalue weighted by molar-refractivity contribution is 0.329. The summed E-state index contributed by atoms with van der Waals surface area (Å²) in [6, 6.07) is 12.7. The predicted molar refractivity (Wildman–Crippen MR) is 85.0 cm³/mol. The second-order valence-corrected chi connectivity index (χ2v) is 6.04. The van der Waals surface area contributed by atoms with Crippen molar-refractivity contribution in [3.8, 4) is 0 Å². The summed E-state index contributed by atoms with van der Waals surface area (Å²) in [5.74, 6) is 0.967. The van der Waals surface area contributed by atoms with Crippen LogP contribution in [-0.4, -0.2) is 9.97 Å². The fourth-order valence-corrected chi connectivity index (χ4v) is 3.51. The van der Waals surface area contributed by atoms with Crippen molar-refractivity contribution in [1.29, 1.82) is 0 Å². The van der Waals surface area contributed by atoms with E-state index in [1.165, 1.54) is 24.8 Å². The van der Waals surface area contributed by atoms with Gasteiger partial charge in [-0.1, -0.05) is 49.6 Å². The minimum absolute atomic E-state index is 0.0323. The molecule has 1 fully saturated rings. The topological polar surface area (TPSA) is 51.8 Å². The highest BCUT2D eigenvalue weighted by molar-refractivity contribution is 5.34. The Morgan fingerprint density at radius 1 is 1.05 bits per heavy atom. The Morgan fingerprint density at radius 3 is 2.43 bits per heavy atom. The molecule has 0 unspecified atom stereocenters. The number of aryl methyl sites for hydroxylation is 1. The molecule has 1 aliphatic rings. The SMILES string of the molecule is Cc1cc(CN)nc(C2(c3ccccc3)CCCCC2)n1. The van der Waals surface area contributed by atoms with Crippen LogP contribution in [0.3, 0.4) is 0 Å². The first-order chi connectivity index (χ1) is 10.2. The van der Waals surface area contributed by atoms with Gasteiger partial charge in [0.15, 0.2) is 0 Å². The maximum Gasteiger partial charge on any atom is 0.139 e. The van der Waals surface area contributed by atoms with E-state index in [0.29, 0.717) is 6.54 Å². The summed E-state index contributed by atoms with van der Waals surface area (Å²) in [6.07, 6.45) is 6.05. The zero-order chi connectivity index (χ0) is 14.7. The first-order valence-corrected chi connectivity index (χ1v) is 7.85. The molecule has 1 aliphatic carbocycles. The predicted octanol–water partition coefficient (Wildman–Crippen LogP) is 3.49. The van der Waals surface area contributed by atoms with E-state index in [1.54, 1.807) is 0 Å². The average molecular weight is 281 g/mol. The molecule has 0 bridgehead atoms. The lowest BCUT2D eigenvalue weighted by Gasteiger charge is -2.36. The van der Waals surface area contributed by atoms with Gasteiger partial charge in [0, 0.05) is 12.2 Å². The minimum Gasteiger partial charge on any atom is -0.325 e. The molecule has 3 nitrogen and oxygen atoms in total. The third-order valence-electron chi connectivity index (χ3n) is 4.58. The van der Waals surface area contributed by atoms with Gasteiger partial charge in [0.25, 0.3) is 0 Å². The molecule has 3 heteroatoms. The molecular formula is C18H23N3. The molecule has 1 saturated carbocycles. The molecule has 2 N–H and O–H groups in total. The molecule has 0 spiro atoms. The number of nitrogens with two attached hydrogens (primary N) is 1. The number of nitrogens with zero attached hydrogens (tertiary/aromatic N) is 2. The number of rotatable bonds is 3. The summed E-state index contributed by atoms with van der Waals surface area (Å²) in [5, 5.41) is 0. The highest BCUT2D eigenvalue weighted by Crippen LogP contribution is 2.43. The Hall–Kier alpha value is -1.74. The number of benzene rings is 1. The van der Waals surface area contributed by atoms with Gasteiger partial charge in [0.1, 0.15) is 5.82 Å². The zero-order valence-electron chi connectivity index (χ0n) is 12.7. The standard InChI is InChI=1S/C18H23N3/c1-14-12-16(13-19)21-17(20-14)18(10-6-3-7-11-18)15-8-4-2-5-9-15/h2,4-5,8-9,12H,3,6-7,10-11,13,19H2,1H3. The molecule has 0 aliphatic heterocycles. The van der Waals surface area contributed by atoms with Crippen molar-refractivity contribution in [2.24, 2.45) is 5.73 Å². The molecule has 1 aromatic carbocycles. The summed E-state index contributed by atoms with van der Waals surface area (Å²) in [5.41, 5.74) is 9.08. The maximum atomic E-state index is 5.81. The summed E-state index contributed by atoms with van der Waals surface area (Å²) < 4.78 is 0. The van der Waals surface area contributed by atoms with E-state index in [4.69, 9.17) is 15.7 Å². The van der Waals surface area contributed by atoms with E-state index in [9.17, 15) is 0 Å². The van der Waals surface area contributed by atoms with Gasteiger partial charge in [0.2, 0.25) is 0 Å². The van der Waals surface area contributed by atoms with Gasteiger partial charge < -0.3 is 5.73 Å². The lowest BCUT2D eigenvalue weighted by atomic mass is 9.68. The molecule has 0 atom stereocenters. The molecule has 3 rings (SSSR count). The summed E-state index contributed by atoms with van der Waals surface area (Å²) in [6.45, 7) is 2.51. The maximum absolute atomic E-state index is 5.81. The van der Waals surface area contributed by atoms with Gasteiger partial charge in [-0.25, -0.2) is 9.97 Å². The van der Waals surface area contributed by atoms with Crippen molar-refractivity contribution < 1.29 is 0 Å².